The van der Waals surface area contributed by atoms with Gasteiger partial charge in [0.05, 0.1) is 0 Å². The summed E-state index contributed by atoms with van der Waals surface area (Å²) in [6, 6.07) is 0. The Bertz CT molecular complexity index is 216. The first-order valence-electron chi connectivity index (χ1n) is 4.41. The fourth-order valence-corrected chi connectivity index (χ4v) is 1.62. The quantitative estimate of drug-likeness (QED) is 0.701. The van der Waals surface area contributed by atoms with E-state index in [1.165, 1.54) is 19.2 Å². The van der Waals surface area contributed by atoms with Crippen LogP contribution in [0.1, 0.15) is 18.7 Å². The summed E-state index contributed by atoms with van der Waals surface area (Å²) in [5.74, 6) is 1.51. The Morgan fingerprint density at radius 2 is 2.33 bits per heavy atom. The predicted octanol–water partition coefficient (Wildman–Crippen LogP) is 0.612. The minimum Gasteiger partial charge on any atom is -0.428 e. The highest BCUT2D eigenvalue weighted by atomic mass is 16.4. The summed E-state index contributed by atoms with van der Waals surface area (Å²) in [6.07, 6.45) is 4.79. The van der Waals surface area contributed by atoms with Crippen LogP contribution in [0, 0.1) is 5.92 Å². The van der Waals surface area contributed by atoms with Gasteiger partial charge in [-0.15, -0.1) is 10.2 Å². The number of hydrogen-bond acceptors (Lipinski definition) is 4. The highest BCUT2D eigenvalue weighted by Crippen LogP contribution is 2.15. The molecule has 0 atom stereocenters. The molecule has 0 aromatic carbocycles. The van der Waals surface area contributed by atoms with Gasteiger partial charge >= 0.3 is 0 Å². The van der Waals surface area contributed by atoms with Crippen molar-refractivity contribution >= 4 is 0 Å². The third-order valence-corrected chi connectivity index (χ3v) is 2.33. The molecular formula is C8H13N3O. The third-order valence-electron chi connectivity index (χ3n) is 2.33. The molecule has 1 saturated heterocycles. The lowest BCUT2D eigenvalue weighted by Gasteiger charge is -2.20. The SMILES string of the molecule is c1nnc(CC2CCNCC2)o1. The van der Waals surface area contributed by atoms with Crippen LogP contribution in [0.15, 0.2) is 10.8 Å². The molecule has 0 saturated carbocycles. The van der Waals surface area contributed by atoms with Gasteiger partial charge in [0.15, 0.2) is 0 Å². The Labute approximate surface area is 71.4 Å². The van der Waals surface area contributed by atoms with Crippen molar-refractivity contribution in [3.63, 3.8) is 0 Å². The maximum absolute atomic E-state index is 5.09. The molecule has 1 aromatic rings. The van der Waals surface area contributed by atoms with E-state index in [2.05, 4.69) is 15.5 Å². The number of piperidine rings is 1. The van der Waals surface area contributed by atoms with E-state index in [1.54, 1.807) is 0 Å². The molecule has 1 aliphatic heterocycles. The Hall–Kier alpha value is -0.900. The van der Waals surface area contributed by atoms with Crippen LogP contribution in [0.4, 0.5) is 0 Å². The molecule has 12 heavy (non-hydrogen) atoms. The Morgan fingerprint density at radius 1 is 1.50 bits per heavy atom. The highest BCUT2D eigenvalue weighted by molar-refractivity contribution is 4.80. The molecular weight excluding hydrogens is 154 g/mol. The smallest absolute Gasteiger partial charge is 0.216 e. The molecule has 0 unspecified atom stereocenters. The molecule has 0 bridgehead atoms. The Kier molecular flexibility index (Phi) is 2.36. The van der Waals surface area contributed by atoms with Crippen molar-refractivity contribution in [2.45, 2.75) is 19.3 Å². The largest absolute Gasteiger partial charge is 0.428 e. The molecule has 1 aliphatic rings. The molecule has 0 aliphatic carbocycles. The molecule has 2 rings (SSSR count). The van der Waals surface area contributed by atoms with Crippen molar-refractivity contribution in [3.8, 4) is 0 Å². The monoisotopic (exact) mass is 167 g/mol. The van der Waals surface area contributed by atoms with Gasteiger partial charge in [0, 0.05) is 6.42 Å². The van der Waals surface area contributed by atoms with E-state index in [1.807, 2.05) is 0 Å². The molecule has 0 amide bonds. The molecule has 2 heterocycles. The van der Waals surface area contributed by atoms with Gasteiger partial charge in [-0.3, -0.25) is 0 Å². The minimum atomic E-state index is 0.728. The summed E-state index contributed by atoms with van der Waals surface area (Å²) in [5, 5.41) is 10.9. The minimum absolute atomic E-state index is 0.728. The molecule has 1 N–H and O–H groups in total. The summed E-state index contributed by atoms with van der Waals surface area (Å²) >= 11 is 0. The number of nitrogens with one attached hydrogen (secondary N) is 1. The van der Waals surface area contributed by atoms with Gasteiger partial charge in [0.1, 0.15) is 0 Å². The summed E-state index contributed by atoms with van der Waals surface area (Å²) in [5.41, 5.74) is 0. The van der Waals surface area contributed by atoms with Crippen LogP contribution in [0.25, 0.3) is 0 Å². The highest BCUT2D eigenvalue weighted by Gasteiger charge is 2.15. The zero-order valence-corrected chi connectivity index (χ0v) is 6.99. The summed E-state index contributed by atoms with van der Waals surface area (Å²) in [4.78, 5) is 0. The van der Waals surface area contributed by atoms with Crippen LogP contribution in [0.3, 0.4) is 0 Å². The van der Waals surface area contributed by atoms with Crippen molar-refractivity contribution in [1.29, 1.82) is 0 Å². The first-order chi connectivity index (χ1) is 5.95. The van der Waals surface area contributed by atoms with Gasteiger partial charge in [-0.1, -0.05) is 0 Å². The van der Waals surface area contributed by atoms with E-state index in [0.29, 0.717) is 0 Å². The lowest BCUT2D eigenvalue weighted by atomic mass is 9.95. The molecule has 1 aromatic heterocycles. The summed E-state index contributed by atoms with van der Waals surface area (Å²) < 4.78 is 5.09. The number of aromatic nitrogens is 2. The Balaban J connectivity index is 1.86. The third kappa shape index (κ3) is 1.82. The van der Waals surface area contributed by atoms with Crippen LogP contribution in [-0.4, -0.2) is 23.3 Å². The van der Waals surface area contributed by atoms with Crippen molar-refractivity contribution < 1.29 is 4.42 Å². The maximum Gasteiger partial charge on any atom is 0.216 e. The number of nitrogens with zero attached hydrogens (tertiary/aromatic N) is 2. The van der Waals surface area contributed by atoms with E-state index < -0.39 is 0 Å². The fourth-order valence-electron chi connectivity index (χ4n) is 1.62. The van der Waals surface area contributed by atoms with Crippen molar-refractivity contribution in [2.24, 2.45) is 5.92 Å². The van der Waals surface area contributed by atoms with Gasteiger partial charge in [-0.05, 0) is 31.8 Å². The van der Waals surface area contributed by atoms with Gasteiger partial charge in [0.25, 0.3) is 0 Å². The average molecular weight is 167 g/mol. The topological polar surface area (TPSA) is 51.0 Å². The van der Waals surface area contributed by atoms with E-state index in [9.17, 15) is 0 Å². The van der Waals surface area contributed by atoms with Crippen LogP contribution >= 0.6 is 0 Å². The van der Waals surface area contributed by atoms with Crippen LogP contribution in [0.2, 0.25) is 0 Å². The summed E-state index contributed by atoms with van der Waals surface area (Å²) in [6.45, 7) is 2.25. The van der Waals surface area contributed by atoms with Crippen LogP contribution in [-0.2, 0) is 6.42 Å². The molecule has 4 nitrogen and oxygen atoms in total. The van der Waals surface area contributed by atoms with E-state index in [0.717, 1.165) is 31.3 Å². The fraction of sp³-hybridized carbons (Fsp3) is 0.750. The van der Waals surface area contributed by atoms with E-state index >= 15 is 0 Å². The second kappa shape index (κ2) is 3.67. The standard InChI is InChI=1S/C8H13N3O/c1-3-9-4-2-7(1)5-8-11-10-6-12-8/h6-7,9H,1-5H2. The summed E-state index contributed by atoms with van der Waals surface area (Å²) in [7, 11) is 0. The molecule has 0 radical (unpaired) electrons. The zero-order chi connectivity index (χ0) is 8.23. The van der Waals surface area contributed by atoms with Gasteiger partial charge in [0.2, 0.25) is 12.3 Å². The first kappa shape index (κ1) is 7.73. The normalized spacial score (nSPS) is 19.7. The van der Waals surface area contributed by atoms with Gasteiger partial charge in [-0.2, -0.15) is 0 Å². The lowest BCUT2D eigenvalue weighted by molar-refractivity contribution is 0.341. The van der Waals surface area contributed by atoms with E-state index in [-0.39, 0.29) is 0 Å². The van der Waals surface area contributed by atoms with Crippen molar-refractivity contribution in [2.75, 3.05) is 13.1 Å². The predicted molar refractivity (Wildman–Crippen MR) is 43.6 cm³/mol. The molecule has 66 valence electrons. The number of rotatable bonds is 2. The second-order valence-corrected chi connectivity index (χ2v) is 3.23. The van der Waals surface area contributed by atoms with Crippen LogP contribution in [0.5, 0.6) is 0 Å². The van der Waals surface area contributed by atoms with Gasteiger partial charge in [-0.25, -0.2) is 0 Å². The molecule has 0 spiro atoms. The maximum atomic E-state index is 5.09. The van der Waals surface area contributed by atoms with E-state index in [4.69, 9.17) is 4.42 Å². The van der Waals surface area contributed by atoms with Gasteiger partial charge < -0.3 is 9.73 Å². The average Bonchev–Trinajstić information content (AvgIpc) is 2.59. The zero-order valence-electron chi connectivity index (χ0n) is 6.99. The lowest BCUT2D eigenvalue weighted by Crippen LogP contribution is -2.28. The van der Waals surface area contributed by atoms with Crippen molar-refractivity contribution in [3.05, 3.63) is 12.3 Å². The molecule has 1 fully saturated rings. The van der Waals surface area contributed by atoms with Crippen LogP contribution < -0.4 is 5.32 Å². The number of hydrogen-bond donors (Lipinski definition) is 1. The first-order valence-corrected chi connectivity index (χ1v) is 4.41. The molecule has 4 heteroatoms. The van der Waals surface area contributed by atoms with Crippen molar-refractivity contribution in [1.82, 2.24) is 15.5 Å². The Morgan fingerprint density at radius 3 is 3.00 bits per heavy atom. The second-order valence-electron chi connectivity index (χ2n) is 3.23.